The van der Waals surface area contributed by atoms with Gasteiger partial charge >= 0.3 is 0 Å². The first-order valence-electron chi connectivity index (χ1n) is 7.93. The minimum Gasteiger partial charge on any atom is -0.367 e. The predicted molar refractivity (Wildman–Crippen MR) is 96.5 cm³/mol. The monoisotopic (exact) mass is 362 g/mol. The summed E-state index contributed by atoms with van der Waals surface area (Å²) in [6.07, 6.45) is 0. The van der Waals surface area contributed by atoms with Crippen LogP contribution in [0.5, 0.6) is 0 Å². The van der Waals surface area contributed by atoms with Crippen LogP contribution in [0.25, 0.3) is 0 Å². The molecule has 0 saturated carbocycles. The molecule has 0 bridgehead atoms. The van der Waals surface area contributed by atoms with E-state index in [4.69, 9.17) is 5.73 Å². The third kappa shape index (κ3) is 4.15. The van der Waals surface area contributed by atoms with Crippen LogP contribution >= 0.6 is 11.3 Å². The first kappa shape index (κ1) is 17.4. The number of carbonyl (C=O) groups is 2. The van der Waals surface area contributed by atoms with Crippen molar-refractivity contribution in [2.24, 2.45) is 5.73 Å². The lowest BCUT2D eigenvalue weighted by molar-refractivity contribution is -0.117. The van der Waals surface area contributed by atoms with Crippen molar-refractivity contribution in [3.8, 4) is 0 Å². The molecule has 132 valence electrons. The number of halogens is 1. The molecule has 1 saturated heterocycles. The SMILES string of the molecule is NC(=O)c1ccsc1NC(=O)CN1CCN(c2ccccc2F)CC1. The molecule has 1 aliphatic heterocycles. The van der Waals surface area contributed by atoms with Gasteiger partial charge in [0.25, 0.3) is 5.91 Å². The number of carbonyl (C=O) groups excluding carboxylic acids is 2. The minimum atomic E-state index is -0.560. The lowest BCUT2D eigenvalue weighted by Gasteiger charge is -2.35. The molecular formula is C17H19FN4O2S. The zero-order chi connectivity index (χ0) is 17.8. The first-order valence-corrected chi connectivity index (χ1v) is 8.81. The van der Waals surface area contributed by atoms with Crippen molar-refractivity contribution in [1.29, 1.82) is 0 Å². The smallest absolute Gasteiger partial charge is 0.251 e. The van der Waals surface area contributed by atoms with E-state index in [1.165, 1.54) is 17.4 Å². The van der Waals surface area contributed by atoms with E-state index in [1.807, 2.05) is 15.9 Å². The molecule has 6 nitrogen and oxygen atoms in total. The highest BCUT2D eigenvalue weighted by atomic mass is 32.1. The molecule has 8 heteroatoms. The van der Waals surface area contributed by atoms with E-state index in [2.05, 4.69) is 5.32 Å². The van der Waals surface area contributed by atoms with Crippen molar-refractivity contribution < 1.29 is 14.0 Å². The predicted octanol–water partition coefficient (Wildman–Crippen LogP) is 1.75. The van der Waals surface area contributed by atoms with Crippen LogP contribution in [0, 0.1) is 5.82 Å². The van der Waals surface area contributed by atoms with Gasteiger partial charge in [0.2, 0.25) is 5.91 Å². The Labute approximate surface area is 149 Å². The number of nitrogens with zero attached hydrogens (tertiary/aromatic N) is 2. The third-order valence-corrected chi connectivity index (χ3v) is 4.95. The molecule has 3 rings (SSSR count). The van der Waals surface area contributed by atoms with Crippen molar-refractivity contribution >= 4 is 33.8 Å². The van der Waals surface area contributed by atoms with Crippen LogP contribution in [0.1, 0.15) is 10.4 Å². The molecule has 1 aromatic heterocycles. The Balaban J connectivity index is 1.52. The van der Waals surface area contributed by atoms with Crippen molar-refractivity contribution in [2.75, 3.05) is 42.9 Å². The average Bonchev–Trinajstić information content (AvgIpc) is 3.04. The lowest BCUT2D eigenvalue weighted by atomic mass is 10.2. The number of hydrogen-bond donors (Lipinski definition) is 2. The number of piperazine rings is 1. The number of nitrogens with two attached hydrogens (primary N) is 1. The summed E-state index contributed by atoms with van der Waals surface area (Å²) < 4.78 is 13.8. The number of hydrogen-bond acceptors (Lipinski definition) is 5. The molecular weight excluding hydrogens is 343 g/mol. The maximum Gasteiger partial charge on any atom is 0.251 e. The quantitative estimate of drug-likeness (QED) is 0.849. The van der Waals surface area contributed by atoms with Gasteiger partial charge in [-0.3, -0.25) is 14.5 Å². The Morgan fingerprint density at radius 2 is 1.88 bits per heavy atom. The number of thiophene rings is 1. The van der Waals surface area contributed by atoms with Crippen LogP contribution in [-0.2, 0) is 4.79 Å². The van der Waals surface area contributed by atoms with Gasteiger partial charge in [-0.2, -0.15) is 0 Å². The molecule has 1 aliphatic rings. The van der Waals surface area contributed by atoms with E-state index in [-0.39, 0.29) is 18.3 Å². The molecule has 0 unspecified atom stereocenters. The fourth-order valence-corrected chi connectivity index (χ4v) is 3.63. The highest BCUT2D eigenvalue weighted by Gasteiger charge is 2.21. The second-order valence-electron chi connectivity index (χ2n) is 5.79. The van der Waals surface area contributed by atoms with E-state index in [1.54, 1.807) is 23.6 Å². The van der Waals surface area contributed by atoms with Gasteiger partial charge in [0.15, 0.2) is 0 Å². The van der Waals surface area contributed by atoms with Gasteiger partial charge in [-0.15, -0.1) is 11.3 Å². The van der Waals surface area contributed by atoms with E-state index < -0.39 is 5.91 Å². The summed E-state index contributed by atoms with van der Waals surface area (Å²) in [5, 5.41) is 4.92. The molecule has 2 amide bonds. The van der Waals surface area contributed by atoms with Crippen LogP contribution in [0.2, 0.25) is 0 Å². The second-order valence-corrected chi connectivity index (χ2v) is 6.71. The molecule has 0 radical (unpaired) electrons. The van der Waals surface area contributed by atoms with Crippen molar-refractivity contribution in [3.05, 3.63) is 47.1 Å². The zero-order valence-corrected chi connectivity index (χ0v) is 14.4. The van der Waals surface area contributed by atoms with E-state index in [9.17, 15) is 14.0 Å². The molecule has 3 N–H and O–H groups in total. The van der Waals surface area contributed by atoms with E-state index >= 15 is 0 Å². The van der Waals surface area contributed by atoms with Crippen LogP contribution in [0.4, 0.5) is 15.1 Å². The average molecular weight is 362 g/mol. The largest absolute Gasteiger partial charge is 0.367 e. The number of para-hydroxylation sites is 1. The molecule has 0 atom stereocenters. The number of anilines is 2. The normalized spacial score (nSPS) is 15.2. The molecule has 25 heavy (non-hydrogen) atoms. The highest BCUT2D eigenvalue weighted by molar-refractivity contribution is 7.14. The van der Waals surface area contributed by atoms with Gasteiger partial charge in [0.1, 0.15) is 10.8 Å². The maximum absolute atomic E-state index is 13.8. The van der Waals surface area contributed by atoms with E-state index in [0.29, 0.717) is 42.4 Å². The Bertz CT molecular complexity index is 772. The number of amides is 2. The summed E-state index contributed by atoms with van der Waals surface area (Å²) in [6, 6.07) is 8.29. The molecule has 2 heterocycles. The van der Waals surface area contributed by atoms with Gasteiger partial charge in [-0.1, -0.05) is 12.1 Å². The van der Waals surface area contributed by atoms with Crippen LogP contribution < -0.4 is 16.0 Å². The first-order chi connectivity index (χ1) is 12.0. The topological polar surface area (TPSA) is 78.7 Å². The summed E-state index contributed by atoms with van der Waals surface area (Å²) in [5.41, 5.74) is 6.19. The molecule has 1 fully saturated rings. The number of nitrogens with one attached hydrogen (secondary N) is 1. The second kappa shape index (κ2) is 7.62. The lowest BCUT2D eigenvalue weighted by Crippen LogP contribution is -2.48. The van der Waals surface area contributed by atoms with Gasteiger partial charge < -0.3 is 16.0 Å². The summed E-state index contributed by atoms with van der Waals surface area (Å²) in [6.45, 7) is 2.85. The minimum absolute atomic E-state index is 0.190. The van der Waals surface area contributed by atoms with Crippen molar-refractivity contribution in [2.45, 2.75) is 0 Å². The van der Waals surface area contributed by atoms with E-state index in [0.717, 1.165) is 0 Å². The number of primary amides is 1. The fraction of sp³-hybridized carbons (Fsp3) is 0.294. The fourth-order valence-electron chi connectivity index (χ4n) is 2.82. The Morgan fingerprint density at radius 3 is 2.56 bits per heavy atom. The van der Waals surface area contributed by atoms with Crippen molar-refractivity contribution in [1.82, 2.24) is 4.90 Å². The van der Waals surface area contributed by atoms with Gasteiger partial charge in [-0.25, -0.2) is 4.39 Å². The summed E-state index contributed by atoms with van der Waals surface area (Å²) >= 11 is 1.27. The molecule has 0 spiro atoms. The standard InChI is InChI=1S/C17H19FN4O2S/c18-13-3-1-2-4-14(13)22-8-6-21(7-9-22)11-15(23)20-17-12(16(19)24)5-10-25-17/h1-5,10H,6-9,11H2,(H2,19,24)(H,20,23). The number of rotatable bonds is 5. The molecule has 0 aliphatic carbocycles. The summed E-state index contributed by atoms with van der Waals surface area (Å²) in [5.74, 6) is -0.982. The Hall–Kier alpha value is -2.45. The Morgan fingerprint density at radius 1 is 1.16 bits per heavy atom. The highest BCUT2D eigenvalue weighted by Crippen LogP contribution is 2.23. The number of benzene rings is 1. The third-order valence-electron chi connectivity index (χ3n) is 4.12. The zero-order valence-electron chi connectivity index (χ0n) is 13.6. The van der Waals surface area contributed by atoms with Crippen LogP contribution in [0.3, 0.4) is 0 Å². The Kier molecular flexibility index (Phi) is 5.30. The van der Waals surface area contributed by atoms with Gasteiger partial charge in [-0.05, 0) is 23.6 Å². The molecule has 1 aromatic carbocycles. The summed E-state index contributed by atoms with van der Waals surface area (Å²) in [4.78, 5) is 27.5. The van der Waals surface area contributed by atoms with Gasteiger partial charge in [0, 0.05) is 26.2 Å². The van der Waals surface area contributed by atoms with Crippen LogP contribution in [-0.4, -0.2) is 49.4 Å². The van der Waals surface area contributed by atoms with Gasteiger partial charge in [0.05, 0.1) is 17.8 Å². The summed E-state index contributed by atoms with van der Waals surface area (Å²) in [7, 11) is 0. The maximum atomic E-state index is 13.8. The van der Waals surface area contributed by atoms with Crippen molar-refractivity contribution in [3.63, 3.8) is 0 Å². The van der Waals surface area contributed by atoms with Crippen LogP contribution in [0.15, 0.2) is 35.7 Å². The molecule has 2 aromatic rings.